The Balaban J connectivity index is 1.17. The predicted octanol–water partition coefficient (Wildman–Crippen LogP) is 8.36. The molecule has 44 heavy (non-hydrogen) atoms. The topological polar surface area (TPSA) is 72.9 Å². The van der Waals surface area contributed by atoms with Gasteiger partial charge in [0.05, 0.1) is 0 Å². The van der Waals surface area contributed by atoms with Crippen LogP contribution in [-0.4, -0.2) is 41.2 Å². The highest BCUT2D eigenvalue weighted by atomic mass is 16.6. The van der Waals surface area contributed by atoms with E-state index in [1.165, 1.54) is 0 Å². The van der Waals surface area contributed by atoms with Gasteiger partial charge in [0.2, 0.25) is 11.8 Å². The molecule has 1 aromatic heterocycles. The molecule has 1 amide bonds. The molecule has 1 fully saturated rings. The zero-order chi connectivity index (χ0) is 30.8. The molecule has 1 aliphatic heterocycles. The van der Waals surface area contributed by atoms with Crippen LogP contribution in [0.1, 0.15) is 51.2 Å². The maximum absolute atomic E-state index is 12.3. The highest BCUT2D eigenvalue weighted by molar-refractivity contribution is 5.71. The number of anilines is 1. The second-order valence-corrected chi connectivity index (χ2v) is 12.3. The minimum Gasteiger partial charge on any atom is -0.473 e. The van der Waals surface area contributed by atoms with Crippen molar-refractivity contribution in [3.63, 3.8) is 0 Å². The number of amides is 1. The van der Waals surface area contributed by atoms with Crippen molar-refractivity contribution >= 4 is 11.8 Å². The van der Waals surface area contributed by atoms with Gasteiger partial charge in [0.15, 0.2) is 0 Å². The van der Waals surface area contributed by atoms with Gasteiger partial charge in [-0.3, -0.25) is 0 Å². The number of carbonyl (C=O) groups is 1. The summed E-state index contributed by atoms with van der Waals surface area (Å²) >= 11 is 0. The largest absolute Gasteiger partial charge is 0.473 e. The minimum atomic E-state index is -0.457. The van der Waals surface area contributed by atoms with Gasteiger partial charge in [-0.15, -0.1) is 0 Å². The number of ether oxygens (including phenoxy) is 3. The lowest BCUT2D eigenvalue weighted by Gasteiger charge is -2.33. The summed E-state index contributed by atoms with van der Waals surface area (Å²) in [4.78, 5) is 18.9. The Hall–Kier alpha value is -4.52. The molecule has 7 heteroatoms. The Labute approximate surface area is 261 Å². The van der Waals surface area contributed by atoms with Gasteiger partial charge in [0.1, 0.15) is 18.8 Å². The van der Waals surface area contributed by atoms with E-state index in [1.807, 2.05) is 98.5 Å². The van der Waals surface area contributed by atoms with Gasteiger partial charge in [0, 0.05) is 37.0 Å². The third-order valence-corrected chi connectivity index (χ3v) is 7.63. The normalized spacial score (nSPS) is 13.8. The lowest BCUT2D eigenvalue weighted by molar-refractivity contribution is 0.0182. The van der Waals surface area contributed by atoms with E-state index < -0.39 is 5.60 Å². The second kappa shape index (κ2) is 14.8. The fraction of sp³-hybridized carbons (Fsp3) is 0.351. The van der Waals surface area contributed by atoms with E-state index in [4.69, 9.17) is 19.2 Å². The molecule has 1 N–H and O–H groups in total. The number of benzene rings is 3. The fourth-order valence-corrected chi connectivity index (χ4v) is 5.21. The highest BCUT2D eigenvalue weighted by Crippen LogP contribution is 2.32. The van der Waals surface area contributed by atoms with Crippen molar-refractivity contribution in [1.29, 1.82) is 0 Å². The number of nitrogens with zero attached hydrogens (tertiary/aromatic N) is 2. The number of piperidine rings is 1. The van der Waals surface area contributed by atoms with Gasteiger partial charge in [-0.05, 0) is 80.8 Å². The Bertz CT molecular complexity index is 1460. The van der Waals surface area contributed by atoms with Gasteiger partial charge < -0.3 is 24.4 Å². The zero-order valence-electron chi connectivity index (χ0n) is 26.0. The molecule has 0 bridgehead atoms. The van der Waals surface area contributed by atoms with Crippen LogP contribution in [-0.2, 0) is 18.0 Å². The van der Waals surface area contributed by atoms with E-state index in [2.05, 4.69) is 29.6 Å². The first-order chi connectivity index (χ1) is 21.3. The maximum atomic E-state index is 12.3. The van der Waals surface area contributed by atoms with E-state index >= 15 is 0 Å². The summed E-state index contributed by atoms with van der Waals surface area (Å²) in [5.74, 6) is 1.66. The summed E-state index contributed by atoms with van der Waals surface area (Å²) in [6.07, 6.45) is 2.87. The van der Waals surface area contributed by atoms with Crippen LogP contribution in [0, 0.1) is 5.92 Å². The van der Waals surface area contributed by atoms with E-state index in [0.717, 1.165) is 66.8 Å². The molecule has 2 heterocycles. The smallest absolute Gasteiger partial charge is 0.410 e. The van der Waals surface area contributed by atoms with Crippen molar-refractivity contribution in [2.24, 2.45) is 5.92 Å². The Morgan fingerprint density at radius 2 is 1.43 bits per heavy atom. The maximum Gasteiger partial charge on any atom is 0.410 e. The van der Waals surface area contributed by atoms with Crippen LogP contribution in [0.2, 0.25) is 0 Å². The quantitative estimate of drug-likeness (QED) is 0.188. The molecule has 0 radical (unpaired) electrons. The molecular weight excluding hydrogens is 550 g/mol. The molecule has 5 rings (SSSR count). The third-order valence-electron chi connectivity index (χ3n) is 7.63. The number of hydrogen-bond acceptors (Lipinski definition) is 6. The van der Waals surface area contributed by atoms with Gasteiger partial charge >= 0.3 is 6.09 Å². The van der Waals surface area contributed by atoms with Crippen LogP contribution >= 0.6 is 0 Å². The first kappa shape index (κ1) is 30.9. The molecule has 3 aromatic carbocycles. The monoisotopic (exact) mass is 593 g/mol. The lowest BCUT2D eigenvalue weighted by Crippen LogP contribution is -2.41. The van der Waals surface area contributed by atoms with E-state index in [0.29, 0.717) is 30.9 Å². The van der Waals surface area contributed by atoms with Crippen molar-refractivity contribution < 1.29 is 19.0 Å². The minimum absolute atomic E-state index is 0.202. The van der Waals surface area contributed by atoms with E-state index in [9.17, 15) is 4.79 Å². The van der Waals surface area contributed by atoms with Gasteiger partial charge in [-0.2, -0.15) is 4.98 Å². The summed E-state index contributed by atoms with van der Waals surface area (Å²) in [6.45, 7) is 8.98. The summed E-state index contributed by atoms with van der Waals surface area (Å²) in [7, 11) is 0. The molecule has 1 saturated heterocycles. The Morgan fingerprint density at radius 3 is 2.05 bits per heavy atom. The number of nitrogens with one attached hydrogen (secondary N) is 1. The average molecular weight is 594 g/mol. The van der Waals surface area contributed by atoms with Crippen LogP contribution in [0.3, 0.4) is 0 Å². The molecule has 7 nitrogen and oxygen atoms in total. The molecule has 230 valence electrons. The first-order valence-electron chi connectivity index (χ1n) is 15.5. The van der Waals surface area contributed by atoms with E-state index in [-0.39, 0.29) is 6.09 Å². The van der Waals surface area contributed by atoms with Crippen molar-refractivity contribution in [2.45, 2.75) is 58.8 Å². The predicted molar refractivity (Wildman–Crippen MR) is 175 cm³/mol. The summed E-state index contributed by atoms with van der Waals surface area (Å²) < 4.78 is 17.8. The Morgan fingerprint density at radius 1 is 0.818 bits per heavy atom. The number of pyridine rings is 1. The van der Waals surface area contributed by atoms with Crippen molar-refractivity contribution in [3.05, 3.63) is 108 Å². The molecule has 1 aliphatic rings. The average Bonchev–Trinajstić information content (AvgIpc) is 3.04. The van der Waals surface area contributed by atoms with Crippen LogP contribution in [0.25, 0.3) is 11.1 Å². The lowest BCUT2D eigenvalue weighted by atomic mass is 9.94. The standard InChI is InChI=1S/C37H43N3O4/c1-37(2,3)44-36(41)40-24-21-28(22-25-40)20-23-38-32-16-14-31(15-17-32)33-18-19-34(42-26-29-10-6-4-7-11-29)39-35(33)43-27-30-12-8-5-9-13-30/h4-19,28,38H,20-27H2,1-3H3. The van der Waals surface area contributed by atoms with Crippen LogP contribution in [0.5, 0.6) is 11.8 Å². The summed E-state index contributed by atoms with van der Waals surface area (Å²) in [6, 6.07) is 32.4. The molecule has 0 atom stereocenters. The fourth-order valence-electron chi connectivity index (χ4n) is 5.21. The van der Waals surface area contributed by atoms with Gasteiger partial charge in [-0.25, -0.2) is 4.79 Å². The van der Waals surface area contributed by atoms with Crippen LogP contribution in [0.15, 0.2) is 97.1 Å². The summed E-state index contributed by atoms with van der Waals surface area (Å²) in [5.41, 5.74) is 4.71. The number of rotatable bonds is 11. The molecule has 0 unspecified atom stereocenters. The SMILES string of the molecule is CC(C)(C)OC(=O)N1CCC(CCNc2ccc(-c3ccc(OCc4ccccc4)nc3OCc3ccccc3)cc2)CC1. The molecule has 0 spiro atoms. The molecule has 0 saturated carbocycles. The number of likely N-dealkylation sites (tertiary alicyclic amines) is 1. The molecular formula is C37H43N3O4. The number of aromatic nitrogens is 1. The summed E-state index contributed by atoms with van der Waals surface area (Å²) in [5, 5.41) is 3.57. The van der Waals surface area contributed by atoms with Gasteiger partial charge in [-0.1, -0.05) is 72.8 Å². The van der Waals surface area contributed by atoms with Crippen LogP contribution in [0.4, 0.5) is 10.5 Å². The molecule has 4 aromatic rings. The van der Waals surface area contributed by atoms with Crippen molar-refractivity contribution in [3.8, 4) is 22.9 Å². The van der Waals surface area contributed by atoms with Crippen LogP contribution < -0.4 is 14.8 Å². The molecule has 0 aliphatic carbocycles. The van der Waals surface area contributed by atoms with E-state index in [1.54, 1.807) is 0 Å². The first-order valence-corrected chi connectivity index (χ1v) is 15.5. The number of hydrogen-bond donors (Lipinski definition) is 1. The van der Waals surface area contributed by atoms with Crippen molar-refractivity contribution in [1.82, 2.24) is 9.88 Å². The second-order valence-electron chi connectivity index (χ2n) is 12.3. The Kier molecular flexibility index (Phi) is 10.4. The highest BCUT2D eigenvalue weighted by Gasteiger charge is 2.26. The third kappa shape index (κ3) is 9.24. The van der Waals surface area contributed by atoms with Crippen molar-refractivity contribution in [2.75, 3.05) is 25.0 Å². The van der Waals surface area contributed by atoms with Gasteiger partial charge in [0.25, 0.3) is 0 Å². The zero-order valence-corrected chi connectivity index (χ0v) is 26.0. The number of carbonyl (C=O) groups excluding carboxylic acids is 1.